The molecule has 24 heavy (non-hydrogen) atoms. The predicted molar refractivity (Wildman–Crippen MR) is 97.3 cm³/mol. The molecule has 1 saturated heterocycles. The number of rotatable bonds is 3. The van der Waals surface area contributed by atoms with E-state index in [-0.39, 0.29) is 24.4 Å². The zero-order chi connectivity index (χ0) is 16.2. The van der Waals surface area contributed by atoms with Gasteiger partial charge in [-0.25, -0.2) is 0 Å². The van der Waals surface area contributed by atoms with Gasteiger partial charge in [-0.2, -0.15) is 0 Å². The highest BCUT2D eigenvalue weighted by Crippen LogP contribution is 2.25. The minimum absolute atomic E-state index is 0. The van der Waals surface area contributed by atoms with Crippen molar-refractivity contribution in [2.75, 3.05) is 19.7 Å². The van der Waals surface area contributed by atoms with Crippen LogP contribution in [0.4, 0.5) is 0 Å². The molecule has 0 aliphatic carbocycles. The maximum Gasteiger partial charge on any atom is 0.244 e. The first-order valence-electron chi connectivity index (χ1n) is 7.61. The van der Waals surface area contributed by atoms with Crippen LogP contribution in [0.25, 0.3) is 0 Å². The lowest BCUT2D eigenvalue weighted by atomic mass is 10.0. The van der Waals surface area contributed by atoms with E-state index in [1.807, 2.05) is 54.6 Å². The van der Waals surface area contributed by atoms with Gasteiger partial charge < -0.3 is 15.4 Å². The van der Waals surface area contributed by atoms with Crippen LogP contribution in [0.15, 0.2) is 54.6 Å². The lowest BCUT2D eigenvalue weighted by molar-refractivity contribution is -0.140. The van der Waals surface area contributed by atoms with Crippen LogP contribution < -0.4 is 5.73 Å². The second-order valence-corrected chi connectivity index (χ2v) is 6.02. The fourth-order valence-corrected chi connectivity index (χ4v) is 2.85. The molecule has 1 aliphatic heterocycles. The summed E-state index contributed by atoms with van der Waals surface area (Å²) in [4.78, 5) is 14.4. The lowest BCUT2D eigenvalue weighted by Crippen LogP contribution is -2.46. The summed E-state index contributed by atoms with van der Waals surface area (Å²) >= 11 is 5.92. The van der Waals surface area contributed by atoms with Gasteiger partial charge in [-0.1, -0.05) is 54.1 Å². The van der Waals surface area contributed by atoms with Crippen molar-refractivity contribution in [1.82, 2.24) is 4.90 Å². The summed E-state index contributed by atoms with van der Waals surface area (Å²) in [5, 5.41) is 0.684. The molecule has 2 N–H and O–H groups in total. The van der Waals surface area contributed by atoms with Gasteiger partial charge in [0.05, 0.1) is 13.2 Å². The summed E-state index contributed by atoms with van der Waals surface area (Å²) in [6, 6.07) is 16.3. The van der Waals surface area contributed by atoms with Crippen molar-refractivity contribution >= 4 is 29.9 Å². The van der Waals surface area contributed by atoms with Crippen LogP contribution in [-0.2, 0) is 9.53 Å². The first kappa shape index (κ1) is 18.7. The van der Waals surface area contributed by atoms with Crippen LogP contribution in [0.2, 0.25) is 5.02 Å². The summed E-state index contributed by atoms with van der Waals surface area (Å²) in [5.74, 6) is -0.0709. The number of nitrogens with two attached hydrogens (primary N) is 1. The second-order valence-electron chi connectivity index (χ2n) is 5.58. The van der Waals surface area contributed by atoms with Gasteiger partial charge in [-0.05, 0) is 23.3 Å². The highest BCUT2D eigenvalue weighted by Gasteiger charge is 2.29. The fraction of sp³-hybridized carbons (Fsp3) is 0.278. The minimum Gasteiger partial charge on any atom is -0.370 e. The lowest BCUT2D eigenvalue weighted by Gasteiger charge is -2.34. The highest BCUT2D eigenvalue weighted by molar-refractivity contribution is 6.30. The van der Waals surface area contributed by atoms with E-state index in [0.717, 1.165) is 11.1 Å². The second kappa shape index (κ2) is 8.49. The van der Waals surface area contributed by atoms with E-state index in [1.165, 1.54) is 0 Å². The van der Waals surface area contributed by atoms with Crippen LogP contribution in [0.1, 0.15) is 23.3 Å². The van der Waals surface area contributed by atoms with Crippen LogP contribution in [0.5, 0.6) is 0 Å². The number of benzene rings is 2. The molecule has 0 bridgehead atoms. The minimum atomic E-state index is -0.639. The quantitative estimate of drug-likeness (QED) is 0.905. The molecule has 0 radical (unpaired) electrons. The summed E-state index contributed by atoms with van der Waals surface area (Å²) in [7, 11) is 0. The summed E-state index contributed by atoms with van der Waals surface area (Å²) in [5.41, 5.74) is 7.96. The number of ether oxygens (including phenoxy) is 1. The third-order valence-electron chi connectivity index (χ3n) is 4.04. The van der Waals surface area contributed by atoms with Crippen LogP contribution in [-0.4, -0.2) is 30.5 Å². The molecule has 1 amide bonds. The van der Waals surface area contributed by atoms with Crippen LogP contribution >= 0.6 is 24.0 Å². The summed E-state index contributed by atoms with van der Waals surface area (Å²) in [6.07, 6.45) is -0.145. The molecule has 1 aliphatic rings. The number of hydrogen-bond donors (Lipinski definition) is 1. The third kappa shape index (κ3) is 4.28. The van der Waals surface area contributed by atoms with E-state index >= 15 is 0 Å². The number of carbonyl (C=O) groups is 1. The normalized spacial score (nSPS) is 18.6. The van der Waals surface area contributed by atoms with Crippen molar-refractivity contribution in [2.45, 2.75) is 12.1 Å². The Bertz CT molecular complexity index is 664. The van der Waals surface area contributed by atoms with Gasteiger partial charge in [0.1, 0.15) is 12.1 Å². The zero-order valence-corrected chi connectivity index (χ0v) is 14.7. The van der Waals surface area contributed by atoms with Gasteiger partial charge in [0.15, 0.2) is 0 Å². The number of amides is 1. The van der Waals surface area contributed by atoms with Crippen molar-refractivity contribution in [3.8, 4) is 0 Å². The van der Waals surface area contributed by atoms with E-state index in [2.05, 4.69) is 0 Å². The van der Waals surface area contributed by atoms with Gasteiger partial charge in [0.25, 0.3) is 0 Å². The zero-order valence-electron chi connectivity index (χ0n) is 13.1. The Morgan fingerprint density at radius 3 is 2.50 bits per heavy atom. The Morgan fingerprint density at radius 2 is 1.83 bits per heavy atom. The van der Waals surface area contributed by atoms with Crippen molar-refractivity contribution in [3.05, 3.63) is 70.7 Å². The SMILES string of the molecule is Cl.NC(C(=O)N1CCOC(c2ccc(Cl)cc2)C1)c1ccccc1. The van der Waals surface area contributed by atoms with Crippen molar-refractivity contribution < 1.29 is 9.53 Å². The van der Waals surface area contributed by atoms with E-state index < -0.39 is 6.04 Å². The first-order valence-corrected chi connectivity index (χ1v) is 7.99. The maximum atomic E-state index is 12.7. The largest absolute Gasteiger partial charge is 0.370 e. The van der Waals surface area contributed by atoms with E-state index in [4.69, 9.17) is 22.1 Å². The molecule has 6 heteroatoms. The number of hydrogen-bond acceptors (Lipinski definition) is 3. The summed E-state index contributed by atoms with van der Waals surface area (Å²) < 4.78 is 5.79. The molecule has 1 heterocycles. The topological polar surface area (TPSA) is 55.6 Å². The number of halogens is 2. The molecule has 0 spiro atoms. The van der Waals surface area contributed by atoms with E-state index in [9.17, 15) is 4.79 Å². The molecule has 2 atom stereocenters. The van der Waals surface area contributed by atoms with E-state index in [0.29, 0.717) is 24.7 Å². The summed E-state index contributed by atoms with van der Waals surface area (Å²) in [6.45, 7) is 1.56. The monoisotopic (exact) mass is 366 g/mol. The molecule has 3 rings (SSSR count). The Hall–Kier alpha value is -1.59. The maximum absolute atomic E-state index is 12.7. The molecule has 2 aromatic carbocycles. The Kier molecular flexibility index (Phi) is 6.63. The molecule has 128 valence electrons. The van der Waals surface area contributed by atoms with Gasteiger partial charge in [0, 0.05) is 11.6 Å². The van der Waals surface area contributed by atoms with Gasteiger partial charge in [0.2, 0.25) is 5.91 Å². The predicted octanol–water partition coefficient (Wildman–Crippen LogP) is 3.36. The highest BCUT2D eigenvalue weighted by atomic mass is 35.5. The Morgan fingerprint density at radius 1 is 1.17 bits per heavy atom. The smallest absolute Gasteiger partial charge is 0.244 e. The van der Waals surface area contributed by atoms with E-state index in [1.54, 1.807) is 4.90 Å². The number of morpholine rings is 1. The molecule has 0 saturated carbocycles. The Balaban J connectivity index is 0.00000208. The van der Waals surface area contributed by atoms with Gasteiger partial charge in [-0.15, -0.1) is 12.4 Å². The fourth-order valence-electron chi connectivity index (χ4n) is 2.73. The average molecular weight is 367 g/mol. The molecule has 2 unspecified atom stereocenters. The molecule has 1 fully saturated rings. The number of carbonyl (C=O) groups excluding carboxylic acids is 1. The molecule has 0 aromatic heterocycles. The number of nitrogens with zero attached hydrogens (tertiary/aromatic N) is 1. The standard InChI is InChI=1S/C18H19ClN2O2.ClH/c19-15-8-6-13(7-9-15)16-12-21(10-11-23-16)18(22)17(20)14-4-2-1-3-5-14;/h1-9,16-17H,10-12,20H2;1H. The third-order valence-corrected chi connectivity index (χ3v) is 4.30. The average Bonchev–Trinajstić information content (AvgIpc) is 2.62. The molecule has 4 nitrogen and oxygen atoms in total. The van der Waals surface area contributed by atoms with Crippen LogP contribution in [0, 0.1) is 0 Å². The molecular formula is C18H20Cl2N2O2. The van der Waals surface area contributed by atoms with Crippen LogP contribution in [0.3, 0.4) is 0 Å². The van der Waals surface area contributed by atoms with Gasteiger partial charge in [-0.3, -0.25) is 4.79 Å². The van der Waals surface area contributed by atoms with Crippen molar-refractivity contribution in [1.29, 1.82) is 0 Å². The Labute approximate surface area is 153 Å². The molecular weight excluding hydrogens is 347 g/mol. The van der Waals surface area contributed by atoms with Gasteiger partial charge >= 0.3 is 0 Å². The van der Waals surface area contributed by atoms with Crippen molar-refractivity contribution in [2.24, 2.45) is 5.73 Å². The van der Waals surface area contributed by atoms with Crippen molar-refractivity contribution in [3.63, 3.8) is 0 Å². The molecule has 2 aromatic rings. The first-order chi connectivity index (χ1) is 11.1.